The molecule has 5 rings (SSSR count). The molecular formula is C24H24N2O2. The van der Waals surface area contributed by atoms with Crippen LogP contribution in [0.25, 0.3) is 21.9 Å². The molecule has 1 aliphatic heterocycles. The van der Waals surface area contributed by atoms with Crippen molar-refractivity contribution in [1.29, 1.82) is 0 Å². The highest BCUT2D eigenvalue weighted by Crippen LogP contribution is 2.30. The Bertz CT molecular complexity index is 1140. The van der Waals surface area contributed by atoms with Gasteiger partial charge in [-0.15, -0.1) is 0 Å². The van der Waals surface area contributed by atoms with Crippen LogP contribution < -0.4 is 0 Å². The minimum absolute atomic E-state index is 0.739. The molecule has 2 aromatic heterocycles. The molecule has 0 atom stereocenters. The van der Waals surface area contributed by atoms with Crippen molar-refractivity contribution in [2.24, 2.45) is 0 Å². The van der Waals surface area contributed by atoms with E-state index in [1.54, 1.807) is 0 Å². The summed E-state index contributed by atoms with van der Waals surface area (Å²) in [5.41, 5.74) is 5.56. The summed E-state index contributed by atoms with van der Waals surface area (Å²) in [5, 5.41) is 2.46. The molecule has 1 aliphatic rings. The fourth-order valence-electron chi connectivity index (χ4n) is 4.42. The summed E-state index contributed by atoms with van der Waals surface area (Å²) in [6.07, 6.45) is 7.41. The summed E-state index contributed by atoms with van der Waals surface area (Å²) in [4.78, 5) is 16.9. The van der Waals surface area contributed by atoms with Crippen LogP contribution in [0.1, 0.15) is 40.1 Å². The van der Waals surface area contributed by atoms with E-state index >= 15 is 0 Å². The Morgan fingerprint density at radius 3 is 2.96 bits per heavy atom. The van der Waals surface area contributed by atoms with E-state index in [-0.39, 0.29) is 0 Å². The number of aryl methyl sites for hydroxylation is 1. The maximum absolute atomic E-state index is 11.0. The van der Waals surface area contributed by atoms with Crippen molar-refractivity contribution < 1.29 is 9.21 Å². The average molecular weight is 372 g/mol. The van der Waals surface area contributed by atoms with Crippen LogP contribution in [0.2, 0.25) is 0 Å². The van der Waals surface area contributed by atoms with Crippen LogP contribution in [-0.4, -0.2) is 29.3 Å². The number of H-pyrrole nitrogens is 1. The summed E-state index contributed by atoms with van der Waals surface area (Å²) >= 11 is 0. The molecule has 2 aromatic carbocycles. The molecule has 0 saturated carbocycles. The van der Waals surface area contributed by atoms with Crippen LogP contribution in [0.3, 0.4) is 0 Å². The fraction of sp³-hybridized carbons (Fsp3) is 0.292. The molecule has 3 heterocycles. The van der Waals surface area contributed by atoms with Gasteiger partial charge in [0.15, 0.2) is 0 Å². The number of benzene rings is 2. The molecule has 0 unspecified atom stereocenters. The second-order valence-corrected chi connectivity index (χ2v) is 7.72. The quantitative estimate of drug-likeness (QED) is 0.378. The third-order valence-electron chi connectivity index (χ3n) is 5.93. The van der Waals surface area contributed by atoms with E-state index in [0.29, 0.717) is 0 Å². The first kappa shape index (κ1) is 17.3. The Balaban J connectivity index is 1.18. The SMILES string of the molecule is O=Cc1ccc2[nH]cc(CCCCN3CCc4c(oc5ccccc45)C3)c2c1. The second-order valence-electron chi connectivity index (χ2n) is 7.72. The van der Waals surface area contributed by atoms with Gasteiger partial charge in [-0.2, -0.15) is 0 Å². The lowest BCUT2D eigenvalue weighted by atomic mass is 10.0. The van der Waals surface area contributed by atoms with Crippen molar-refractivity contribution in [3.05, 3.63) is 71.1 Å². The number of aromatic nitrogens is 1. The number of unbranched alkanes of at least 4 members (excludes halogenated alkanes) is 1. The van der Waals surface area contributed by atoms with Crippen LogP contribution in [-0.2, 0) is 19.4 Å². The van der Waals surface area contributed by atoms with Gasteiger partial charge in [-0.1, -0.05) is 18.2 Å². The van der Waals surface area contributed by atoms with Crippen molar-refractivity contribution in [3.63, 3.8) is 0 Å². The lowest BCUT2D eigenvalue weighted by Gasteiger charge is -2.25. The average Bonchev–Trinajstić information content (AvgIpc) is 3.31. The van der Waals surface area contributed by atoms with Crippen LogP contribution >= 0.6 is 0 Å². The van der Waals surface area contributed by atoms with Crippen LogP contribution in [0.5, 0.6) is 0 Å². The molecule has 4 aromatic rings. The molecular weight excluding hydrogens is 348 g/mol. The number of para-hydroxylation sites is 1. The zero-order valence-electron chi connectivity index (χ0n) is 15.9. The Morgan fingerprint density at radius 2 is 2.04 bits per heavy atom. The standard InChI is InChI=1S/C24H24N2O2/c27-16-17-8-9-22-21(13-17)18(14-25-22)5-3-4-11-26-12-10-20-19-6-1-2-7-23(19)28-24(20)15-26/h1-2,6-9,13-14,16,25H,3-5,10-12,15H2. The number of carbonyl (C=O) groups is 1. The summed E-state index contributed by atoms with van der Waals surface area (Å²) in [6.45, 7) is 3.12. The van der Waals surface area contributed by atoms with Gasteiger partial charge in [-0.3, -0.25) is 9.69 Å². The summed E-state index contributed by atoms with van der Waals surface area (Å²) in [7, 11) is 0. The van der Waals surface area contributed by atoms with Crippen LogP contribution in [0.4, 0.5) is 0 Å². The lowest BCUT2D eigenvalue weighted by molar-refractivity contribution is 0.112. The van der Waals surface area contributed by atoms with Gasteiger partial charge < -0.3 is 9.40 Å². The van der Waals surface area contributed by atoms with E-state index in [1.165, 1.54) is 21.9 Å². The number of hydrogen-bond donors (Lipinski definition) is 1. The molecule has 0 spiro atoms. The monoisotopic (exact) mass is 372 g/mol. The molecule has 0 amide bonds. The van der Waals surface area contributed by atoms with Gasteiger partial charge in [0.2, 0.25) is 0 Å². The van der Waals surface area contributed by atoms with Gasteiger partial charge in [-0.05, 0) is 62.1 Å². The Morgan fingerprint density at radius 1 is 1.11 bits per heavy atom. The molecule has 4 heteroatoms. The number of furan rings is 1. The number of aromatic amines is 1. The Kier molecular flexibility index (Phi) is 4.49. The van der Waals surface area contributed by atoms with E-state index in [2.05, 4.69) is 34.3 Å². The molecule has 28 heavy (non-hydrogen) atoms. The van der Waals surface area contributed by atoms with E-state index in [9.17, 15) is 4.79 Å². The summed E-state index contributed by atoms with van der Waals surface area (Å²) in [5.74, 6) is 1.14. The van der Waals surface area contributed by atoms with Crippen LogP contribution in [0, 0.1) is 0 Å². The number of rotatable bonds is 6. The molecule has 0 bridgehead atoms. The number of carbonyl (C=O) groups excluding carboxylic acids is 1. The highest BCUT2D eigenvalue weighted by atomic mass is 16.3. The number of nitrogens with one attached hydrogen (secondary N) is 1. The first-order valence-electron chi connectivity index (χ1n) is 10.1. The third kappa shape index (κ3) is 3.14. The van der Waals surface area contributed by atoms with Crippen molar-refractivity contribution in [2.75, 3.05) is 13.1 Å². The van der Waals surface area contributed by atoms with Crippen molar-refractivity contribution in [2.45, 2.75) is 32.2 Å². The number of aldehydes is 1. The van der Waals surface area contributed by atoms with Crippen molar-refractivity contribution in [1.82, 2.24) is 9.88 Å². The molecule has 142 valence electrons. The van der Waals surface area contributed by atoms with E-state index in [1.807, 2.05) is 24.3 Å². The van der Waals surface area contributed by atoms with Gasteiger partial charge in [0, 0.05) is 40.2 Å². The fourth-order valence-corrected chi connectivity index (χ4v) is 4.42. The van der Waals surface area contributed by atoms with Crippen LogP contribution in [0.15, 0.2) is 53.1 Å². The van der Waals surface area contributed by atoms with E-state index in [0.717, 1.165) is 74.0 Å². The zero-order chi connectivity index (χ0) is 18.9. The molecule has 0 saturated heterocycles. The molecule has 1 N–H and O–H groups in total. The minimum Gasteiger partial charge on any atom is -0.459 e. The Hall–Kier alpha value is -2.85. The number of nitrogens with zero attached hydrogens (tertiary/aromatic N) is 1. The minimum atomic E-state index is 0.739. The molecule has 4 nitrogen and oxygen atoms in total. The van der Waals surface area contributed by atoms with Gasteiger partial charge >= 0.3 is 0 Å². The highest BCUT2D eigenvalue weighted by Gasteiger charge is 2.21. The highest BCUT2D eigenvalue weighted by molar-refractivity contribution is 5.89. The van der Waals surface area contributed by atoms with Gasteiger partial charge in [-0.25, -0.2) is 0 Å². The predicted molar refractivity (Wildman–Crippen MR) is 112 cm³/mol. The predicted octanol–water partition coefficient (Wildman–Crippen LogP) is 5.11. The van der Waals surface area contributed by atoms with E-state index in [4.69, 9.17) is 4.42 Å². The molecule has 0 fully saturated rings. The zero-order valence-corrected chi connectivity index (χ0v) is 15.9. The first-order valence-corrected chi connectivity index (χ1v) is 10.1. The molecule has 0 aliphatic carbocycles. The maximum atomic E-state index is 11.0. The smallest absolute Gasteiger partial charge is 0.150 e. The Labute approximate surface area is 164 Å². The first-order chi connectivity index (χ1) is 13.8. The topological polar surface area (TPSA) is 49.2 Å². The lowest BCUT2D eigenvalue weighted by Crippen LogP contribution is -2.30. The summed E-state index contributed by atoms with van der Waals surface area (Å²) < 4.78 is 6.08. The molecule has 0 radical (unpaired) electrons. The van der Waals surface area contributed by atoms with Gasteiger partial charge in [0.25, 0.3) is 0 Å². The third-order valence-corrected chi connectivity index (χ3v) is 5.93. The van der Waals surface area contributed by atoms with Gasteiger partial charge in [0.1, 0.15) is 17.6 Å². The van der Waals surface area contributed by atoms with Gasteiger partial charge in [0.05, 0.1) is 6.54 Å². The van der Waals surface area contributed by atoms with Crippen molar-refractivity contribution in [3.8, 4) is 0 Å². The second kappa shape index (κ2) is 7.28. The summed E-state index contributed by atoms with van der Waals surface area (Å²) in [6, 6.07) is 14.2. The maximum Gasteiger partial charge on any atom is 0.150 e. The van der Waals surface area contributed by atoms with Crippen molar-refractivity contribution >= 4 is 28.2 Å². The number of fused-ring (bicyclic) bond motifs is 4. The van der Waals surface area contributed by atoms with E-state index < -0.39 is 0 Å². The normalized spacial score (nSPS) is 14.6. The largest absolute Gasteiger partial charge is 0.459 e. The number of hydrogen-bond acceptors (Lipinski definition) is 3.